The zero-order valence-corrected chi connectivity index (χ0v) is 22.2. The lowest BCUT2D eigenvalue weighted by Crippen LogP contribution is -2.14. The van der Waals surface area contributed by atoms with E-state index in [-0.39, 0.29) is 18.1 Å². The molecule has 1 amide bonds. The molecule has 0 spiro atoms. The summed E-state index contributed by atoms with van der Waals surface area (Å²) in [5.41, 5.74) is 6.79. The number of fused-ring (bicyclic) bond motifs is 2. The molecular formula is C32H26FN7O. The number of carbonyl (C=O) groups is 1. The van der Waals surface area contributed by atoms with Crippen LogP contribution in [0.15, 0.2) is 91.4 Å². The minimum Gasteiger partial charge on any atom is -0.326 e. The molecule has 6 aromatic rings. The standard InChI is InChI=1S/C32H26FN7O/c33-25-11-9-22(10-12-25)31-32(39-16-2-1-8-28(39)37-31)26-13-14-29-35-27(20-40(29)38-26)36-30(41)18-21-5-3-6-23(17-21)24-7-4-15-34-19-24/h3-7,9-15,17,19-20H,1-2,8,16,18H2,(H,36,41). The third kappa shape index (κ3) is 4.98. The summed E-state index contributed by atoms with van der Waals surface area (Å²) in [6, 6.07) is 22.0. The highest BCUT2D eigenvalue weighted by molar-refractivity contribution is 5.92. The summed E-state index contributed by atoms with van der Waals surface area (Å²) in [5, 5.41) is 7.76. The number of amides is 1. The van der Waals surface area contributed by atoms with Crippen LogP contribution in [-0.4, -0.2) is 35.0 Å². The fraction of sp³-hybridized carbons (Fsp3) is 0.156. The van der Waals surface area contributed by atoms with Gasteiger partial charge in [0.2, 0.25) is 5.91 Å². The topological polar surface area (TPSA) is 90.0 Å². The van der Waals surface area contributed by atoms with Crippen LogP contribution in [0.2, 0.25) is 0 Å². The molecule has 41 heavy (non-hydrogen) atoms. The maximum atomic E-state index is 13.6. The molecule has 0 radical (unpaired) electrons. The largest absolute Gasteiger partial charge is 0.326 e. The second-order valence-electron chi connectivity index (χ2n) is 10.2. The number of hydrogen-bond donors (Lipinski definition) is 1. The quantitative estimate of drug-likeness (QED) is 0.279. The molecule has 0 aliphatic carbocycles. The van der Waals surface area contributed by atoms with Crippen molar-refractivity contribution in [2.45, 2.75) is 32.2 Å². The van der Waals surface area contributed by atoms with Crippen molar-refractivity contribution < 1.29 is 9.18 Å². The van der Waals surface area contributed by atoms with Crippen molar-refractivity contribution in [2.75, 3.05) is 5.32 Å². The van der Waals surface area contributed by atoms with Gasteiger partial charge in [-0.1, -0.05) is 30.3 Å². The van der Waals surface area contributed by atoms with E-state index in [2.05, 4.69) is 19.9 Å². The summed E-state index contributed by atoms with van der Waals surface area (Å²) < 4.78 is 17.5. The Morgan fingerprint density at radius 3 is 2.66 bits per heavy atom. The van der Waals surface area contributed by atoms with E-state index < -0.39 is 0 Å². The number of aromatic nitrogens is 6. The number of benzene rings is 2. The molecule has 9 heteroatoms. The Morgan fingerprint density at radius 1 is 0.927 bits per heavy atom. The molecule has 0 saturated heterocycles. The Labute approximate surface area is 235 Å². The van der Waals surface area contributed by atoms with E-state index in [9.17, 15) is 9.18 Å². The SMILES string of the molecule is O=C(Cc1cccc(-c2cccnc2)c1)Nc1cn2nc(-c3c(-c4ccc(F)cc4)nc4n3CCCC4)ccc2n1. The molecule has 1 aliphatic rings. The fourth-order valence-corrected chi connectivity index (χ4v) is 5.39. The van der Waals surface area contributed by atoms with Crippen molar-refractivity contribution in [3.8, 4) is 33.8 Å². The molecule has 2 aromatic carbocycles. The first-order valence-corrected chi connectivity index (χ1v) is 13.6. The van der Waals surface area contributed by atoms with E-state index in [4.69, 9.17) is 10.1 Å². The molecular weight excluding hydrogens is 517 g/mol. The number of nitrogens with zero attached hydrogens (tertiary/aromatic N) is 6. The lowest BCUT2D eigenvalue weighted by Gasteiger charge is -2.16. The Balaban J connectivity index is 1.15. The monoisotopic (exact) mass is 543 g/mol. The van der Waals surface area contributed by atoms with E-state index in [1.807, 2.05) is 48.5 Å². The summed E-state index contributed by atoms with van der Waals surface area (Å²) >= 11 is 0. The van der Waals surface area contributed by atoms with Gasteiger partial charge in [-0.15, -0.1) is 0 Å². The van der Waals surface area contributed by atoms with Crippen molar-refractivity contribution in [2.24, 2.45) is 0 Å². The first kappa shape index (κ1) is 24.8. The van der Waals surface area contributed by atoms with Crippen LogP contribution in [0.1, 0.15) is 24.2 Å². The van der Waals surface area contributed by atoms with Crippen molar-refractivity contribution in [3.05, 3.63) is 109 Å². The average molecular weight is 544 g/mol. The molecule has 0 bridgehead atoms. The number of imidazole rings is 2. The highest BCUT2D eigenvalue weighted by Gasteiger charge is 2.23. The van der Waals surface area contributed by atoms with Gasteiger partial charge >= 0.3 is 0 Å². The van der Waals surface area contributed by atoms with E-state index in [0.717, 1.165) is 71.0 Å². The third-order valence-corrected chi connectivity index (χ3v) is 7.31. The molecule has 1 N–H and O–H groups in total. The molecule has 8 nitrogen and oxygen atoms in total. The minimum atomic E-state index is -0.284. The zero-order valence-electron chi connectivity index (χ0n) is 22.2. The summed E-state index contributed by atoms with van der Waals surface area (Å²) in [7, 11) is 0. The normalized spacial score (nSPS) is 12.8. The second-order valence-corrected chi connectivity index (χ2v) is 10.2. The first-order valence-electron chi connectivity index (χ1n) is 13.6. The number of pyridine rings is 1. The second kappa shape index (κ2) is 10.4. The van der Waals surface area contributed by atoms with Gasteiger partial charge in [0.1, 0.15) is 17.3 Å². The maximum absolute atomic E-state index is 13.6. The number of hydrogen-bond acceptors (Lipinski definition) is 5. The summed E-state index contributed by atoms with van der Waals surface area (Å²) in [5.74, 6) is 0.990. The number of aryl methyl sites for hydroxylation is 1. The van der Waals surface area contributed by atoms with Gasteiger partial charge < -0.3 is 9.88 Å². The zero-order chi connectivity index (χ0) is 27.8. The van der Waals surface area contributed by atoms with E-state index in [1.54, 1.807) is 35.2 Å². The predicted molar refractivity (Wildman–Crippen MR) is 155 cm³/mol. The lowest BCUT2D eigenvalue weighted by molar-refractivity contribution is -0.115. The van der Waals surface area contributed by atoms with Crippen LogP contribution in [-0.2, 0) is 24.2 Å². The summed E-state index contributed by atoms with van der Waals surface area (Å²) in [6.45, 7) is 0.853. The molecule has 5 heterocycles. The fourth-order valence-electron chi connectivity index (χ4n) is 5.39. The van der Waals surface area contributed by atoms with Gasteiger partial charge in [0.15, 0.2) is 11.5 Å². The van der Waals surface area contributed by atoms with Gasteiger partial charge in [-0.3, -0.25) is 9.78 Å². The van der Waals surface area contributed by atoms with Gasteiger partial charge in [-0.05, 0) is 72.0 Å². The molecule has 202 valence electrons. The Morgan fingerprint density at radius 2 is 1.80 bits per heavy atom. The van der Waals surface area contributed by atoms with Gasteiger partial charge in [0.05, 0.1) is 24.0 Å². The Kier molecular flexibility index (Phi) is 6.31. The summed E-state index contributed by atoms with van der Waals surface area (Å²) in [4.78, 5) is 26.6. The molecule has 0 unspecified atom stereocenters. The molecule has 0 saturated carbocycles. The number of halogens is 1. The number of anilines is 1. The molecule has 0 atom stereocenters. The van der Waals surface area contributed by atoms with E-state index >= 15 is 0 Å². The van der Waals surface area contributed by atoms with Gasteiger partial charge in [-0.2, -0.15) is 5.10 Å². The third-order valence-electron chi connectivity index (χ3n) is 7.31. The summed E-state index contributed by atoms with van der Waals surface area (Å²) in [6.07, 6.45) is 8.51. The number of carbonyl (C=O) groups excluding carboxylic acids is 1. The number of nitrogens with one attached hydrogen (secondary N) is 1. The predicted octanol–water partition coefficient (Wildman–Crippen LogP) is 5.98. The first-order chi connectivity index (χ1) is 20.1. The lowest BCUT2D eigenvalue weighted by atomic mass is 10.0. The Bertz CT molecular complexity index is 1880. The van der Waals surface area contributed by atoms with Crippen LogP contribution < -0.4 is 5.32 Å². The van der Waals surface area contributed by atoms with Crippen molar-refractivity contribution in [3.63, 3.8) is 0 Å². The average Bonchev–Trinajstić information content (AvgIpc) is 3.58. The number of rotatable bonds is 6. The highest BCUT2D eigenvalue weighted by atomic mass is 19.1. The van der Waals surface area contributed by atoms with Gasteiger partial charge in [-0.25, -0.2) is 18.9 Å². The molecule has 0 fully saturated rings. The molecule has 7 rings (SSSR count). The minimum absolute atomic E-state index is 0.166. The molecule has 1 aliphatic heterocycles. The van der Waals surface area contributed by atoms with Crippen molar-refractivity contribution >= 4 is 17.4 Å². The van der Waals surface area contributed by atoms with Gasteiger partial charge in [0.25, 0.3) is 0 Å². The molecule has 4 aromatic heterocycles. The van der Waals surface area contributed by atoms with Crippen molar-refractivity contribution in [1.82, 2.24) is 29.1 Å². The van der Waals surface area contributed by atoms with Crippen LogP contribution in [0, 0.1) is 5.82 Å². The van der Waals surface area contributed by atoms with Crippen molar-refractivity contribution in [1.29, 1.82) is 0 Å². The van der Waals surface area contributed by atoms with Gasteiger partial charge in [0, 0.05) is 30.9 Å². The van der Waals surface area contributed by atoms with E-state index in [1.165, 1.54) is 12.1 Å². The van der Waals surface area contributed by atoms with Crippen LogP contribution in [0.5, 0.6) is 0 Å². The highest BCUT2D eigenvalue weighted by Crippen LogP contribution is 2.34. The van der Waals surface area contributed by atoms with Crippen LogP contribution in [0.25, 0.3) is 39.4 Å². The Hall–Kier alpha value is -5.18. The maximum Gasteiger partial charge on any atom is 0.229 e. The smallest absolute Gasteiger partial charge is 0.229 e. The van der Waals surface area contributed by atoms with Crippen LogP contribution >= 0.6 is 0 Å². The van der Waals surface area contributed by atoms with Crippen LogP contribution in [0.3, 0.4) is 0 Å². The van der Waals surface area contributed by atoms with E-state index in [0.29, 0.717) is 11.5 Å². The van der Waals surface area contributed by atoms with Crippen LogP contribution in [0.4, 0.5) is 10.2 Å².